The number of aromatic nitrogens is 1. The van der Waals surface area contributed by atoms with Crippen molar-refractivity contribution in [3.63, 3.8) is 0 Å². The van der Waals surface area contributed by atoms with Gasteiger partial charge in [-0.1, -0.05) is 12.1 Å². The summed E-state index contributed by atoms with van der Waals surface area (Å²) < 4.78 is 0. The molecule has 0 radical (unpaired) electrons. The van der Waals surface area contributed by atoms with Crippen molar-refractivity contribution in [3.8, 4) is 0 Å². The van der Waals surface area contributed by atoms with Gasteiger partial charge in [0.2, 0.25) is 0 Å². The maximum Gasteiger partial charge on any atom is 0.132 e. The summed E-state index contributed by atoms with van der Waals surface area (Å²) in [5.41, 5.74) is 10.7. The highest BCUT2D eigenvalue weighted by atomic mass is 15.2. The Bertz CT molecular complexity index is 601. The second-order valence-corrected chi connectivity index (χ2v) is 5.26. The van der Waals surface area contributed by atoms with E-state index in [0.717, 1.165) is 30.8 Å². The summed E-state index contributed by atoms with van der Waals surface area (Å²) >= 11 is 0. The van der Waals surface area contributed by atoms with Crippen molar-refractivity contribution in [2.24, 2.45) is 5.73 Å². The molecule has 0 aliphatic carbocycles. The number of pyridine rings is 1. The van der Waals surface area contributed by atoms with E-state index >= 15 is 0 Å². The molecule has 0 aliphatic heterocycles. The zero-order valence-corrected chi connectivity index (χ0v) is 13.0. The van der Waals surface area contributed by atoms with Crippen LogP contribution in [0.25, 0.3) is 10.9 Å². The fourth-order valence-corrected chi connectivity index (χ4v) is 2.65. The van der Waals surface area contributed by atoms with Crippen molar-refractivity contribution in [3.05, 3.63) is 34.9 Å². The normalized spacial score (nSPS) is 11.1. The van der Waals surface area contributed by atoms with Gasteiger partial charge in [0.25, 0.3) is 0 Å². The van der Waals surface area contributed by atoms with E-state index in [1.807, 2.05) is 0 Å². The molecule has 0 saturated carbocycles. The first-order valence-electron chi connectivity index (χ1n) is 7.47. The van der Waals surface area contributed by atoms with Gasteiger partial charge in [-0.25, -0.2) is 4.98 Å². The molecule has 1 heterocycles. The third-order valence-corrected chi connectivity index (χ3v) is 4.04. The molecular weight excluding hydrogens is 246 g/mol. The largest absolute Gasteiger partial charge is 0.357 e. The Hall–Kier alpha value is -1.61. The Balaban J connectivity index is 2.68. The SMILES string of the molecule is CCN(CC)c1nc2c(C)c(C)ccc2cc1CCN. The van der Waals surface area contributed by atoms with E-state index in [4.69, 9.17) is 10.7 Å². The molecule has 3 heteroatoms. The number of fused-ring (bicyclic) bond motifs is 1. The smallest absolute Gasteiger partial charge is 0.132 e. The number of nitrogens with two attached hydrogens (primary N) is 1. The minimum absolute atomic E-state index is 0.659. The summed E-state index contributed by atoms with van der Waals surface area (Å²) in [5.74, 6) is 1.10. The Labute approximate surface area is 121 Å². The molecule has 1 aromatic carbocycles. The van der Waals surface area contributed by atoms with E-state index in [1.165, 1.54) is 22.1 Å². The quantitative estimate of drug-likeness (QED) is 0.908. The Morgan fingerprint density at radius 1 is 1.15 bits per heavy atom. The Morgan fingerprint density at radius 3 is 2.45 bits per heavy atom. The molecule has 0 atom stereocenters. The maximum absolute atomic E-state index is 5.76. The van der Waals surface area contributed by atoms with Crippen LogP contribution in [0.4, 0.5) is 5.82 Å². The highest BCUT2D eigenvalue weighted by Crippen LogP contribution is 2.27. The van der Waals surface area contributed by atoms with Crippen molar-refractivity contribution in [1.82, 2.24) is 4.98 Å². The summed E-state index contributed by atoms with van der Waals surface area (Å²) in [7, 11) is 0. The van der Waals surface area contributed by atoms with Crippen LogP contribution in [-0.4, -0.2) is 24.6 Å². The molecular formula is C17H25N3. The molecule has 0 unspecified atom stereocenters. The molecule has 2 N–H and O–H groups in total. The van der Waals surface area contributed by atoms with Gasteiger partial charge in [-0.3, -0.25) is 0 Å². The summed E-state index contributed by atoms with van der Waals surface area (Å²) in [6.07, 6.45) is 0.877. The van der Waals surface area contributed by atoms with Crippen LogP contribution in [0.3, 0.4) is 0 Å². The average Bonchev–Trinajstić information content (AvgIpc) is 2.45. The van der Waals surface area contributed by atoms with Gasteiger partial charge in [-0.2, -0.15) is 0 Å². The highest BCUT2D eigenvalue weighted by molar-refractivity contribution is 5.85. The van der Waals surface area contributed by atoms with Crippen molar-refractivity contribution in [2.45, 2.75) is 34.1 Å². The lowest BCUT2D eigenvalue weighted by Gasteiger charge is -2.24. The molecule has 0 aliphatic rings. The molecule has 2 aromatic rings. The zero-order valence-electron chi connectivity index (χ0n) is 13.0. The van der Waals surface area contributed by atoms with Crippen LogP contribution in [0.5, 0.6) is 0 Å². The summed E-state index contributed by atoms with van der Waals surface area (Å²) in [4.78, 5) is 7.28. The van der Waals surface area contributed by atoms with Crippen molar-refractivity contribution in [2.75, 3.05) is 24.5 Å². The number of anilines is 1. The van der Waals surface area contributed by atoms with Crippen molar-refractivity contribution < 1.29 is 0 Å². The number of benzene rings is 1. The lowest BCUT2D eigenvalue weighted by molar-refractivity contribution is 0.831. The number of nitrogens with zero attached hydrogens (tertiary/aromatic N) is 2. The van der Waals surface area contributed by atoms with E-state index in [1.54, 1.807) is 0 Å². The predicted octanol–water partition coefficient (Wildman–Crippen LogP) is 3.20. The topological polar surface area (TPSA) is 42.2 Å². The first kappa shape index (κ1) is 14.8. The van der Waals surface area contributed by atoms with Crippen LogP contribution in [0.15, 0.2) is 18.2 Å². The third kappa shape index (κ3) is 2.63. The molecule has 0 amide bonds. The fourth-order valence-electron chi connectivity index (χ4n) is 2.65. The van der Waals surface area contributed by atoms with Gasteiger partial charge >= 0.3 is 0 Å². The second-order valence-electron chi connectivity index (χ2n) is 5.26. The minimum atomic E-state index is 0.659. The van der Waals surface area contributed by atoms with Gasteiger partial charge in [0, 0.05) is 18.5 Å². The van der Waals surface area contributed by atoms with E-state index in [0.29, 0.717) is 6.54 Å². The molecule has 0 spiro atoms. The van der Waals surface area contributed by atoms with Gasteiger partial charge in [0.05, 0.1) is 5.52 Å². The van der Waals surface area contributed by atoms with Crippen LogP contribution in [0, 0.1) is 13.8 Å². The molecule has 1 aromatic heterocycles. The minimum Gasteiger partial charge on any atom is -0.357 e. The van der Waals surface area contributed by atoms with E-state index < -0.39 is 0 Å². The predicted molar refractivity (Wildman–Crippen MR) is 87.5 cm³/mol. The van der Waals surface area contributed by atoms with Crippen LogP contribution < -0.4 is 10.6 Å². The van der Waals surface area contributed by atoms with Crippen LogP contribution in [0.2, 0.25) is 0 Å². The number of hydrogen-bond donors (Lipinski definition) is 1. The Morgan fingerprint density at radius 2 is 1.85 bits per heavy atom. The van der Waals surface area contributed by atoms with Crippen LogP contribution in [0.1, 0.15) is 30.5 Å². The number of rotatable bonds is 5. The summed E-state index contributed by atoms with van der Waals surface area (Å²) in [6.45, 7) is 11.2. The monoisotopic (exact) mass is 271 g/mol. The molecule has 20 heavy (non-hydrogen) atoms. The highest BCUT2D eigenvalue weighted by Gasteiger charge is 2.13. The van der Waals surface area contributed by atoms with E-state index in [-0.39, 0.29) is 0 Å². The van der Waals surface area contributed by atoms with Gasteiger partial charge in [0.15, 0.2) is 0 Å². The van der Waals surface area contributed by atoms with E-state index in [9.17, 15) is 0 Å². The summed E-state index contributed by atoms with van der Waals surface area (Å²) in [6, 6.07) is 6.59. The standard InChI is InChI=1S/C17H25N3/c1-5-20(6-2)17-15(9-10-18)11-14-8-7-12(3)13(4)16(14)19-17/h7-8,11H,5-6,9-10,18H2,1-4H3. The lowest BCUT2D eigenvalue weighted by Crippen LogP contribution is -2.25. The lowest BCUT2D eigenvalue weighted by atomic mass is 10.0. The van der Waals surface area contributed by atoms with Gasteiger partial charge in [-0.05, 0) is 63.4 Å². The first-order valence-corrected chi connectivity index (χ1v) is 7.47. The molecule has 0 saturated heterocycles. The molecule has 2 rings (SSSR count). The molecule has 108 valence electrons. The average molecular weight is 271 g/mol. The molecule has 0 fully saturated rings. The van der Waals surface area contributed by atoms with Gasteiger partial charge in [-0.15, -0.1) is 0 Å². The maximum atomic E-state index is 5.76. The number of hydrogen-bond acceptors (Lipinski definition) is 3. The van der Waals surface area contributed by atoms with Crippen molar-refractivity contribution in [1.29, 1.82) is 0 Å². The third-order valence-electron chi connectivity index (χ3n) is 4.04. The first-order chi connectivity index (χ1) is 9.62. The van der Waals surface area contributed by atoms with Crippen LogP contribution in [-0.2, 0) is 6.42 Å². The fraction of sp³-hybridized carbons (Fsp3) is 0.471. The van der Waals surface area contributed by atoms with Crippen molar-refractivity contribution >= 4 is 16.7 Å². The van der Waals surface area contributed by atoms with Crippen LogP contribution >= 0.6 is 0 Å². The molecule has 0 bridgehead atoms. The van der Waals surface area contributed by atoms with E-state index in [2.05, 4.69) is 50.8 Å². The zero-order chi connectivity index (χ0) is 14.7. The second kappa shape index (κ2) is 6.23. The Kier molecular flexibility index (Phi) is 4.61. The molecule has 3 nitrogen and oxygen atoms in total. The summed E-state index contributed by atoms with van der Waals surface area (Å²) in [5, 5.41) is 1.22. The van der Waals surface area contributed by atoms with Gasteiger partial charge < -0.3 is 10.6 Å². The van der Waals surface area contributed by atoms with Gasteiger partial charge in [0.1, 0.15) is 5.82 Å². The number of aryl methyl sites for hydroxylation is 2.